The molecule has 4 heteroatoms. The van der Waals surface area contributed by atoms with Crippen LogP contribution < -0.4 is 0 Å². The summed E-state index contributed by atoms with van der Waals surface area (Å²) in [7, 11) is 1.85. The maximum absolute atomic E-state index is 13.0. The van der Waals surface area contributed by atoms with Gasteiger partial charge in [-0.3, -0.25) is 4.68 Å². The van der Waals surface area contributed by atoms with E-state index in [1.165, 1.54) is 12.1 Å². The number of aromatic nitrogens is 2. The third kappa shape index (κ3) is 1.66. The van der Waals surface area contributed by atoms with Crippen LogP contribution in [0.25, 0.3) is 11.3 Å². The lowest BCUT2D eigenvalue weighted by molar-refractivity contribution is 0.628. The smallest absolute Gasteiger partial charge is 0.123 e. The number of rotatable bonds is 1. The molecule has 0 aliphatic heterocycles. The first-order valence-electron chi connectivity index (χ1n) is 4.12. The fourth-order valence-electron chi connectivity index (χ4n) is 1.37. The van der Waals surface area contributed by atoms with Crippen molar-refractivity contribution in [3.05, 3.63) is 39.8 Å². The Labute approximate surface area is 94.9 Å². The molecular weight excluding hydrogens is 294 g/mol. The molecular formula is C10H8FIN2. The summed E-state index contributed by atoms with van der Waals surface area (Å²) in [5.41, 5.74) is 1.81. The summed E-state index contributed by atoms with van der Waals surface area (Å²) >= 11 is 2.19. The Morgan fingerprint density at radius 3 is 2.79 bits per heavy atom. The highest BCUT2D eigenvalue weighted by Crippen LogP contribution is 2.24. The molecule has 0 saturated carbocycles. The first kappa shape index (κ1) is 9.64. The Kier molecular flexibility index (Phi) is 2.54. The van der Waals surface area contributed by atoms with Gasteiger partial charge in [0.05, 0.1) is 15.5 Å². The van der Waals surface area contributed by atoms with Gasteiger partial charge in [-0.1, -0.05) is 12.1 Å². The second-order valence-electron chi connectivity index (χ2n) is 2.98. The first-order chi connectivity index (χ1) is 6.68. The molecule has 0 radical (unpaired) electrons. The third-order valence-corrected chi connectivity index (χ3v) is 2.78. The largest absolute Gasteiger partial charge is 0.267 e. The van der Waals surface area contributed by atoms with Crippen molar-refractivity contribution in [2.24, 2.45) is 7.05 Å². The number of aryl methyl sites for hydroxylation is 1. The van der Waals surface area contributed by atoms with Crippen molar-refractivity contribution in [2.45, 2.75) is 0 Å². The molecule has 72 valence electrons. The molecule has 2 aromatic rings. The summed E-state index contributed by atoms with van der Waals surface area (Å²) in [5, 5.41) is 4.11. The van der Waals surface area contributed by atoms with Crippen LogP contribution in [0.2, 0.25) is 0 Å². The van der Waals surface area contributed by atoms with E-state index >= 15 is 0 Å². The molecule has 0 bridgehead atoms. The van der Waals surface area contributed by atoms with Crippen molar-refractivity contribution in [3.63, 3.8) is 0 Å². The van der Waals surface area contributed by atoms with E-state index in [-0.39, 0.29) is 5.82 Å². The van der Waals surface area contributed by atoms with Crippen molar-refractivity contribution in [3.8, 4) is 11.3 Å². The zero-order chi connectivity index (χ0) is 10.1. The molecule has 1 aromatic carbocycles. The predicted octanol–water partition coefficient (Wildman–Crippen LogP) is 2.83. The molecule has 0 atom stereocenters. The molecule has 0 amide bonds. The average molecular weight is 302 g/mol. The van der Waals surface area contributed by atoms with Crippen LogP contribution in [0.1, 0.15) is 0 Å². The Morgan fingerprint density at radius 2 is 2.21 bits per heavy atom. The highest BCUT2D eigenvalue weighted by atomic mass is 127. The van der Waals surface area contributed by atoms with Crippen LogP contribution in [0.15, 0.2) is 30.5 Å². The molecule has 14 heavy (non-hydrogen) atoms. The first-order valence-corrected chi connectivity index (χ1v) is 5.20. The lowest BCUT2D eigenvalue weighted by Crippen LogP contribution is -1.94. The van der Waals surface area contributed by atoms with E-state index in [1.807, 2.05) is 13.1 Å². The second kappa shape index (κ2) is 3.68. The fourth-order valence-corrected chi connectivity index (χ4v) is 2.16. The Morgan fingerprint density at radius 1 is 1.43 bits per heavy atom. The highest BCUT2D eigenvalue weighted by molar-refractivity contribution is 14.1. The second-order valence-corrected chi connectivity index (χ2v) is 4.14. The molecule has 0 aliphatic rings. The third-order valence-electron chi connectivity index (χ3n) is 1.99. The van der Waals surface area contributed by atoms with Gasteiger partial charge in [-0.2, -0.15) is 5.10 Å². The summed E-state index contributed by atoms with van der Waals surface area (Å²) in [4.78, 5) is 0. The molecule has 2 rings (SSSR count). The van der Waals surface area contributed by atoms with Crippen molar-refractivity contribution in [2.75, 3.05) is 0 Å². The minimum atomic E-state index is -0.223. The topological polar surface area (TPSA) is 17.8 Å². The van der Waals surface area contributed by atoms with Crippen LogP contribution in [0.3, 0.4) is 0 Å². The summed E-state index contributed by atoms with van der Waals surface area (Å²) in [5.74, 6) is -0.223. The Hall–Kier alpha value is -0.910. The van der Waals surface area contributed by atoms with Gasteiger partial charge in [0.2, 0.25) is 0 Å². The maximum Gasteiger partial charge on any atom is 0.123 e. The van der Waals surface area contributed by atoms with Crippen LogP contribution in [-0.4, -0.2) is 9.78 Å². The van der Waals surface area contributed by atoms with Gasteiger partial charge >= 0.3 is 0 Å². The van der Waals surface area contributed by atoms with Gasteiger partial charge in [0.1, 0.15) is 5.82 Å². The summed E-state index contributed by atoms with van der Waals surface area (Å²) in [6.07, 6.45) is 1.76. The van der Waals surface area contributed by atoms with E-state index in [1.54, 1.807) is 16.9 Å². The van der Waals surface area contributed by atoms with Gasteiger partial charge in [-0.15, -0.1) is 0 Å². The zero-order valence-corrected chi connectivity index (χ0v) is 9.69. The van der Waals surface area contributed by atoms with E-state index in [0.717, 1.165) is 14.8 Å². The molecule has 0 unspecified atom stereocenters. The number of nitrogens with zero attached hydrogens (tertiary/aromatic N) is 2. The molecule has 1 heterocycles. The highest BCUT2D eigenvalue weighted by Gasteiger charge is 2.08. The van der Waals surface area contributed by atoms with Crippen molar-refractivity contribution in [1.29, 1.82) is 0 Å². The van der Waals surface area contributed by atoms with Crippen molar-refractivity contribution in [1.82, 2.24) is 9.78 Å². The van der Waals surface area contributed by atoms with Gasteiger partial charge in [-0.05, 0) is 34.7 Å². The molecule has 1 aromatic heterocycles. The van der Waals surface area contributed by atoms with Gasteiger partial charge in [0.15, 0.2) is 0 Å². The van der Waals surface area contributed by atoms with Crippen LogP contribution in [-0.2, 0) is 7.05 Å². The minimum absolute atomic E-state index is 0.223. The lowest BCUT2D eigenvalue weighted by atomic mass is 10.1. The molecule has 0 aliphatic carbocycles. The lowest BCUT2D eigenvalue weighted by Gasteiger charge is -2.02. The van der Waals surface area contributed by atoms with Crippen LogP contribution in [0, 0.1) is 9.39 Å². The quantitative estimate of drug-likeness (QED) is 0.741. The van der Waals surface area contributed by atoms with E-state index < -0.39 is 0 Å². The summed E-state index contributed by atoms with van der Waals surface area (Å²) < 4.78 is 15.8. The van der Waals surface area contributed by atoms with Crippen molar-refractivity contribution >= 4 is 22.6 Å². The fraction of sp³-hybridized carbons (Fsp3) is 0.100. The van der Waals surface area contributed by atoms with Crippen LogP contribution in [0.4, 0.5) is 4.39 Å². The van der Waals surface area contributed by atoms with Gasteiger partial charge < -0.3 is 0 Å². The Balaban J connectivity index is 2.59. The number of benzene rings is 1. The number of hydrogen-bond donors (Lipinski definition) is 0. The summed E-state index contributed by atoms with van der Waals surface area (Å²) in [6, 6.07) is 6.53. The summed E-state index contributed by atoms with van der Waals surface area (Å²) in [6.45, 7) is 0. The zero-order valence-electron chi connectivity index (χ0n) is 7.54. The molecule has 2 nitrogen and oxygen atoms in total. The molecule has 0 spiro atoms. The van der Waals surface area contributed by atoms with E-state index in [0.29, 0.717) is 0 Å². The van der Waals surface area contributed by atoms with Crippen LogP contribution >= 0.6 is 22.6 Å². The number of hydrogen-bond acceptors (Lipinski definition) is 1. The monoisotopic (exact) mass is 302 g/mol. The minimum Gasteiger partial charge on any atom is -0.267 e. The van der Waals surface area contributed by atoms with Crippen LogP contribution in [0.5, 0.6) is 0 Å². The van der Waals surface area contributed by atoms with E-state index in [4.69, 9.17) is 0 Å². The van der Waals surface area contributed by atoms with Gasteiger partial charge in [-0.25, -0.2) is 4.39 Å². The molecule has 0 N–H and O–H groups in total. The maximum atomic E-state index is 13.0. The molecule has 0 fully saturated rings. The van der Waals surface area contributed by atoms with Gasteiger partial charge in [0, 0.05) is 12.6 Å². The normalized spacial score (nSPS) is 10.5. The Bertz CT molecular complexity index is 445. The molecule has 0 saturated heterocycles. The van der Waals surface area contributed by atoms with Crippen molar-refractivity contribution < 1.29 is 4.39 Å². The average Bonchev–Trinajstić information content (AvgIpc) is 2.46. The standard InChI is InChI=1S/C10H8FIN2/c1-14-10(9(12)6-13-14)7-3-2-4-8(11)5-7/h2-6H,1H3. The predicted molar refractivity (Wildman–Crippen MR) is 61.3 cm³/mol. The SMILES string of the molecule is Cn1ncc(I)c1-c1cccc(F)c1. The van der Waals surface area contributed by atoms with E-state index in [9.17, 15) is 4.39 Å². The van der Waals surface area contributed by atoms with Gasteiger partial charge in [0.25, 0.3) is 0 Å². The van der Waals surface area contributed by atoms with E-state index in [2.05, 4.69) is 27.7 Å². The number of halogens is 2.